The molecular weight excluding hydrogens is 405 g/mol. The Balaban J connectivity index is 1.62. The normalized spacial score (nSPS) is 16.6. The average molecular weight is 422 g/mol. The van der Waals surface area contributed by atoms with Gasteiger partial charge in [0.15, 0.2) is 6.04 Å². The predicted molar refractivity (Wildman–Crippen MR) is 102 cm³/mol. The summed E-state index contributed by atoms with van der Waals surface area (Å²) in [4.78, 5) is 18.7. The molecule has 0 N–H and O–H groups in total. The van der Waals surface area contributed by atoms with Crippen LogP contribution >= 0.6 is 11.3 Å². The van der Waals surface area contributed by atoms with Crippen molar-refractivity contribution in [3.8, 4) is 16.3 Å². The number of hydrogen-bond donors (Lipinski definition) is 0. The molecule has 1 aliphatic rings. The third-order valence-corrected chi connectivity index (χ3v) is 5.61. The van der Waals surface area contributed by atoms with Gasteiger partial charge in [-0.1, -0.05) is 0 Å². The number of hydrogen-bond acceptors (Lipinski definition) is 5. The fourth-order valence-electron chi connectivity index (χ4n) is 3.31. The zero-order chi connectivity index (χ0) is 20.8. The van der Waals surface area contributed by atoms with E-state index in [1.807, 2.05) is 12.1 Å². The molecule has 1 atom stereocenters. The summed E-state index contributed by atoms with van der Waals surface area (Å²) in [5.74, 6) is 0.403. The molecule has 1 aliphatic heterocycles. The second kappa shape index (κ2) is 7.18. The lowest BCUT2D eigenvalue weighted by molar-refractivity contribution is -0.172. The Hall–Kier alpha value is -2.88. The molecule has 1 aromatic carbocycles. The van der Waals surface area contributed by atoms with Crippen LogP contribution < -0.4 is 9.64 Å². The first-order valence-corrected chi connectivity index (χ1v) is 9.70. The Morgan fingerprint density at radius 3 is 2.66 bits per heavy atom. The number of aromatic nitrogens is 3. The highest BCUT2D eigenvalue weighted by Crippen LogP contribution is 2.40. The zero-order valence-corrected chi connectivity index (χ0v) is 16.4. The van der Waals surface area contributed by atoms with Gasteiger partial charge in [0, 0.05) is 23.6 Å². The second-order valence-electron chi connectivity index (χ2n) is 6.66. The molecule has 10 heteroatoms. The Morgan fingerprint density at radius 1 is 1.28 bits per heavy atom. The molecule has 29 heavy (non-hydrogen) atoms. The minimum Gasteiger partial charge on any atom is -0.497 e. The highest BCUT2D eigenvalue weighted by molar-refractivity contribution is 7.13. The van der Waals surface area contributed by atoms with Gasteiger partial charge < -0.3 is 4.74 Å². The standard InChI is InChI=1S/C19H17F3N4O2S/c1-11-9-16-25(8-7-15(19(20,21)22)26(16)24-11)18(27)14-10-29-17(23-14)12-3-5-13(28-2)6-4-12/h3-6,9-10,15H,7-8H2,1-2H3. The summed E-state index contributed by atoms with van der Waals surface area (Å²) in [7, 11) is 1.57. The molecule has 4 rings (SSSR count). The van der Waals surface area contributed by atoms with E-state index in [0.717, 1.165) is 10.2 Å². The van der Waals surface area contributed by atoms with Crippen LogP contribution in [0.25, 0.3) is 10.6 Å². The third kappa shape index (κ3) is 3.59. The maximum Gasteiger partial charge on any atom is 0.410 e. The van der Waals surface area contributed by atoms with E-state index in [1.54, 1.807) is 31.5 Å². The summed E-state index contributed by atoms with van der Waals surface area (Å²) in [6, 6.07) is 7.01. The largest absolute Gasteiger partial charge is 0.497 e. The van der Waals surface area contributed by atoms with Crippen LogP contribution in [-0.4, -0.2) is 40.5 Å². The number of nitrogens with zero attached hydrogens (tertiary/aromatic N) is 4. The Morgan fingerprint density at radius 2 is 2.00 bits per heavy atom. The van der Waals surface area contributed by atoms with Gasteiger partial charge in [0.2, 0.25) is 0 Å². The average Bonchev–Trinajstić information content (AvgIpc) is 3.32. The quantitative estimate of drug-likeness (QED) is 0.625. The van der Waals surface area contributed by atoms with Crippen molar-refractivity contribution in [3.63, 3.8) is 0 Å². The fraction of sp³-hybridized carbons (Fsp3) is 0.316. The smallest absolute Gasteiger partial charge is 0.410 e. The van der Waals surface area contributed by atoms with Gasteiger partial charge in [-0.2, -0.15) is 18.3 Å². The number of carbonyl (C=O) groups excluding carboxylic acids is 1. The number of thiazole rings is 1. The molecule has 0 fully saturated rings. The molecule has 0 aliphatic carbocycles. The van der Waals surface area contributed by atoms with E-state index in [1.165, 1.54) is 22.3 Å². The fourth-order valence-corrected chi connectivity index (χ4v) is 4.11. The number of methoxy groups -OCH3 is 1. The van der Waals surface area contributed by atoms with Gasteiger partial charge in [-0.05, 0) is 37.6 Å². The number of carbonyl (C=O) groups is 1. The lowest BCUT2D eigenvalue weighted by Gasteiger charge is -2.33. The molecule has 0 saturated heterocycles. The minimum atomic E-state index is -4.43. The van der Waals surface area contributed by atoms with Crippen molar-refractivity contribution in [1.29, 1.82) is 0 Å². The Labute approximate surface area is 168 Å². The van der Waals surface area contributed by atoms with Crippen LogP contribution in [0.5, 0.6) is 5.75 Å². The zero-order valence-electron chi connectivity index (χ0n) is 15.6. The van der Waals surface area contributed by atoms with E-state index < -0.39 is 18.1 Å². The summed E-state index contributed by atoms with van der Waals surface area (Å²) in [6.45, 7) is 1.55. The number of halogens is 3. The monoisotopic (exact) mass is 422 g/mol. The number of benzene rings is 1. The van der Waals surface area contributed by atoms with Crippen LogP contribution in [0.15, 0.2) is 35.7 Å². The van der Waals surface area contributed by atoms with E-state index in [4.69, 9.17) is 4.74 Å². The van der Waals surface area contributed by atoms with Crippen LogP contribution in [0.1, 0.15) is 28.6 Å². The van der Waals surface area contributed by atoms with Crippen molar-refractivity contribution in [2.24, 2.45) is 0 Å². The third-order valence-electron chi connectivity index (χ3n) is 4.72. The van der Waals surface area contributed by atoms with Gasteiger partial charge in [0.05, 0.1) is 12.8 Å². The number of fused-ring (bicyclic) bond motifs is 1. The van der Waals surface area contributed by atoms with Crippen LogP contribution in [0.4, 0.5) is 19.0 Å². The molecule has 1 amide bonds. The van der Waals surface area contributed by atoms with Gasteiger partial charge >= 0.3 is 6.18 Å². The van der Waals surface area contributed by atoms with Crippen molar-refractivity contribution >= 4 is 23.1 Å². The highest BCUT2D eigenvalue weighted by atomic mass is 32.1. The van der Waals surface area contributed by atoms with Gasteiger partial charge in [-0.25, -0.2) is 9.67 Å². The number of rotatable bonds is 3. The topological polar surface area (TPSA) is 60.2 Å². The van der Waals surface area contributed by atoms with Crippen molar-refractivity contribution in [2.75, 3.05) is 18.6 Å². The molecule has 3 aromatic rings. The van der Waals surface area contributed by atoms with E-state index in [9.17, 15) is 18.0 Å². The minimum absolute atomic E-state index is 0.0520. The van der Waals surface area contributed by atoms with E-state index in [0.29, 0.717) is 16.5 Å². The van der Waals surface area contributed by atoms with E-state index >= 15 is 0 Å². The van der Waals surface area contributed by atoms with Crippen LogP contribution in [0.2, 0.25) is 0 Å². The first-order valence-electron chi connectivity index (χ1n) is 8.82. The summed E-state index contributed by atoms with van der Waals surface area (Å²) >= 11 is 1.30. The summed E-state index contributed by atoms with van der Waals surface area (Å²) in [5.41, 5.74) is 1.44. The van der Waals surface area contributed by atoms with Crippen LogP contribution in [0, 0.1) is 6.92 Å². The summed E-state index contributed by atoms with van der Waals surface area (Å²) in [5, 5.41) is 6.23. The predicted octanol–water partition coefficient (Wildman–Crippen LogP) is 4.48. The van der Waals surface area contributed by atoms with Crippen molar-refractivity contribution in [2.45, 2.75) is 25.6 Å². The van der Waals surface area contributed by atoms with E-state index in [2.05, 4.69) is 10.1 Å². The molecule has 0 spiro atoms. The molecule has 0 radical (unpaired) electrons. The SMILES string of the molecule is COc1ccc(-c2nc(C(=O)N3CCC(C(F)(F)F)n4nc(C)cc43)cs2)cc1. The molecule has 1 unspecified atom stereocenters. The Kier molecular flexibility index (Phi) is 4.81. The summed E-state index contributed by atoms with van der Waals surface area (Å²) in [6.07, 6.45) is -4.68. The lowest BCUT2D eigenvalue weighted by atomic mass is 10.1. The molecule has 6 nitrogen and oxygen atoms in total. The number of alkyl halides is 3. The molecule has 3 heterocycles. The van der Waals surface area contributed by atoms with Gasteiger partial charge in [-0.15, -0.1) is 11.3 Å². The van der Waals surface area contributed by atoms with Crippen molar-refractivity contribution in [3.05, 3.63) is 47.1 Å². The van der Waals surface area contributed by atoms with Crippen LogP contribution in [0.3, 0.4) is 0 Å². The number of aryl methyl sites for hydroxylation is 1. The Bertz CT molecular complexity index is 1040. The number of anilines is 1. The van der Waals surface area contributed by atoms with Gasteiger partial charge in [-0.3, -0.25) is 9.69 Å². The molecule has 0 bridgehead atoms. The van der Waals surface area contributed by atoms with Crippen molar-refractivity contribution < 1.29 is 22.7 Å². The second-order valence-corrected chi connectivity index (χ2v) is 7.52. The highest BCUT2D eigenvalue weighted by Gasteiger charge is 2.46. The van der Waals surface area contributed by atoms with E-state index in [-0.39, 0.29) is 24.5 Å². The van der Waals surface area contributed by atoms with Gasteiger partial charge in [0.25, 0.3) is 5.91 Å². The number of ether oxygens (including phenoxy) is 1. The molecular formula is C19H17F3N4O2S. The molecule has 2 aromatic heterocycles. The van der Waals surface area contributed by atoms with Crippen LogP contribution in [-0.2, 0) is 0 Å². The maximum absolute atomic E-state index is 13.3. The first kappa shape index (κ1) is 19.4. The maximum atomic E-state index is 13.3. The van der Waals surface area contributed by atoms with Crippen molar-refractivity contribution in [1.82, 2.24) is 14.8 Å². The number of amides is 1. The van der Waals surface area contributed by atoms with Gasteiger partial charge in [0.1, 0.15) is 22.3 Å². The molecule has 152 valence electrons. The first-order chi connectivity index (χ1) is 13.8. The lowest BCUT2D eigenvalue weighted by Crippen LogP contribution is -2.43. The molecule has 0 saturated carbocycles. The summed E-state index contributed by atoms with van der Waals surface area (Å²) < 4.78 is 46.1.